The van der Waals surface area contributed by atoms with Crippen LogP contribution in [0.1, 0.15) is 17.4 Å². The molecule has 0 aliphatic rings. The van der Waals surface area contributed by atoms with Crippen LogP contribution in [0.25, 0.3) is 21.5 Å². The van der Waals surface area contributed by atoms with Crippen molar-refractivity contribution in [2.75, 3.05) is 6.61 Å². The molecule has 0 saturated carbocycles. The van der Waals surface area contributed by atoms with Crippen LogP contribution in [-0.4, -0.2) is 27.8 Å². The SMILES string of the molecule is CCOC(=O)c1nc(I)c2c(-c3cccs3)noc2c1O. The topological polar surface area (TPSA) is 85.5 Å². The molecule has 0 saturated heterocycles. The zero-order valence-electron chi connectivity index (χ0n) is 10.8. The molecule has 3 aromatic heterocycles. The first-order valence-corrected chi connectivity index (χ1v) is 7.98. The number of nitrogens with zero attached hydrogens (tertiary/aromatic N) is 2. The molecule has 8 heteroatoms. The Balaban J connectivity index is 2.23. The molecule has 0 fully saturated rings. The lowest BCUT2D eigenvalue weighted by Crippen LogP contribution is -2.08. The molecule has 0 aromatic carbocycles. The van der Waals surface area contributed by atoms with E-state index < -0.39 is 5.97 Å². The number of ether oxygens (including phenoxy) is 1. The van der Waals surface area contributed by atoms with Crippen LogP contribution >= 0.6 is 33.9 Å². The lowest BCUT2D eigenvalue weighted by Gasteiger charge is -2.04. The second-order valence-corrected chi connectivity index (χ2v) is 6.00. The summed E-state index contributed by atoms with van der Waals surface area (Å²) in [6, 6.07) is 3.79. The molecule has 3 aromatic rings. The number of hydrogen-bond acceptors (Lipinski definition) is 7. The van der Waals surface area contributed by atoms with Crippen LogP contribution in [-0.2, 0) is 4.74 Å². The number of halogens is 1. The maximum absolute atomic E-state index is 11.8. The van der Waals surface area contributed by atoms with Crippen molar-refractivity contribution >= 4 is 50.9 Å². The lowest BCUT2D eigenvalue weighted by molar-refractivity contribution is 0.0515. The van der Waals surface area contributed by atoms with Gasteiger partial charge in [-0.05, 0) is 41.0 Å². The zero-order valence-corrected chi connectivity index (χ0v) is 13.8. The first kappa shape index (κ1) is 14.3. The molecule has 0 unspecified atom stereocenters. The van der Waals surface area contributed by atoms with Crippen LogP contribution in [0.2, 0.25) is 0 Å². The van der Waals surface area contributed by atoms with Crippen LogP contribution in [0.15, 0.2) is 22.0 Å². The van der Waals surface area contributed by atoms with Gasteiger partial charge in [0.15, 0.2) is 11.4 Å². The molecule has 3 heterocycles. The standard InChI is InChI=1S/C13H9IN2O4S/c1-2-19-13(18)9-10(17)11-7(12(14)15-9)8(16-20-11)6-4-3-5-21-6/h3-5,17H,2H2,1H3. The van der Waals surface area contributed by atoms with Gasteiger partial charge in [-0.1, -0.05) is 11.2 Å². The third-order valence-electron chi connectivity index (χ3n) is 2.77. The number of hydrogen-bond donors (Lipinski definition) is 1. The van der Waals surface area contributed by atoms with Crippen LogP contribution < -0.4 is 0 Å². The molecule has 0 atom stereocenters. The number of pyridine rings is 1. The van der Waals surface area contributed by atoms with Gasteiger partial charge in [0.05, 0.1) is 16.9 Å². The number of esters is 1. The number of fused-ring (bicyclic) bond motifs is 1. The summed E-state index contributed by atoms with van der Waals surface area (Å²) in [5.41, 5.74) is 0.575. The highest BCUT2D eigenvalue weighted by atomic mass is 127. The summed E-state index contributed by atoms with van der Waals surface area (Å²) in [5.74, 6) is -1.04. The number of aromatic nitrogens is 2. The molecular formula is C13H9IN2O4S. The van der Waals surface area contributed by atoms with Crippen molar-refractivity contribution in [1.29, 1.82) is 0 Å². The van der Waals surface area contributed by atoms with Gasteiger partial charge in [-0.3, -0.25) is 0 Å². The van der Waals surface area contributed by atoms with E-state index in [1.54, 1.807) is 6.92 Å². The smallest absolute Gasteiger partial charge is 0.361 e. The maximum atomic E-state index is 11.8. The highest BCUT2D eigenvalue weighted by Crippen LogP contribution is 2.38. The molecule has 21 heavy (non-hydrogen) atoms. The fourth-order valence-corrected chi connectivity index (χ4v) is 3.33. The molecule has 0 bridgehead atoms. The van der Waals surface area contributed by atoms with Crippen LogP contribution in [0, 0.1) is 3.70 Å². The van der Waals surface area contributed by atoms with Crippen molar-refractivity contribution < 1.29 is 19.2 Å². The molecule has 0 amide bonds. The summed E-state index contributed by atoms with van der Waals surface area (Å²) in [5, 5.41) is 16.7. The average Bonchev–Trinajstić information content (AvgIpc) is 3.10. The summed E-state index contributed by atoms with van der Waals surface area (Å²) in [6.45, 7) is 1.88. The Morgan fingerprint density at radius 3 is 3.05 bits per heavy atom. The van der Waals surface area contributed by atoms with Gasteiger partial charge in [0.2, 0.25) is 5.58 Å². The summed E-state index contributed by atoms with van der Waals surface area (Å²) in [7, 11) is 0. The van der Waals surface area contributed by atoms with E-state index in [2.05, 4.69) is 10.1 Å². The average molecular weight is 416 g/mol. The summed E-state index contributed by atoms with van der Waals surface area (Å²) in [4.78, 5) is 16.8. The van der Waals surface area contributed by atoms with Crippen molar-refractivity contribution in [3.05, 3.63) is 26.9 Å². The van der Waals surface area contributed by atoms with Crippen LogP contribution in [0.5, 0.6) is 5.75 Å². The Kier molecular flexibility index (Phi) is 3.81. The van der Waals surface area contributed by atoms with E-state index in [1.807, 2.05) is 40.1 Å². The minimum atomic E-state index is -0.691. The van der Waals surface area contributed by atoms with Crippen molar-refractivity contribution in [2.24, 2.45) is 0 Å². The van der Waals surface area contributed by atoms with Gasteiger partial charge in [0.1, 0.15) is 9.39 Å². The van der Waals surface area contributed by atoms with E-state index in [4.69, 9.17) is 9.26 Å². The molecule has 108 valence electrons. The molecule has 0 radical (unpaired) electrons. The van der Waals surface area contributed by atoms with Gasteiger partial charge in [0, 0.05) is 0 Å². The van der Waals surface area contributed by atoms with Crippen LogP contribution in [0.4, 0.5) is 0 Å². The first-order valence-electron chi connectivity index (χ1n) is 6.02. The number of rotatable bonds is 3. The normalized spacial score (nSPS) is 11.0. The Morgan fingerprint density at radius 1 is 1.57 bits per heavy atom. The lowest BCUT2D eigenvalue weighted by atomic mass is 10.2. The van der Waals surface area contributed by atoms with E-state index in [9.17, 15) is 9.90 Å². The minimum Gasteiger partial charge on any atom is -0.502 e. The van der Waals surface area contributed by atoms with Crippen molar-refractivity contribution in [1.82, 2.24) is 10.1 Å². The van der Waals surface area contributed by atoms with Crippen molar-refractivity contribution in [3.63, 3.8) is 0 Å². The Morgan fingerprint density at radius 2 is 2.38 bits per heavy atom. The minimum absolute atomic E-state index is 0.140. The fraction of sp³-hybridized carbons (Fsp3) is 0.154. The van der Waals surface area contributed by atoms with Crippen molar-refractivity contribution in [2.45, 2.75) is 6.92 Å². The van der Waals surface area contributed by atoms with Gasteiger partial charge in [-0.25, -0.2) is 9.78 Å². The fourth-order valence-electron chi connectivity index (χ4n) is 1.88. The Bertz CT molecular complexity index is 813. The second-order valence-electron chi connectivity index (χ2n) is 4.03. The first-order chi connectivity index (χ1) is 10.1. The zero-order chi connectivity index (χ0) is 15.0. The largest absolute Gasteiger partial charge is 0.502 e. The number of aromatic hydroxyl groups is 1. The second kappa shape index (κ2) is 5.60. The Hall–Kier alpha value is -1.68. The molecule has 1 N–H and O–H groups in total. The summed E-state index contributed by atoms with van der Waals surface area (Å²) in [6.07, 6.45) is 0. The number of thiophene rings is 1. The number of carbonyl (C=O) groups excluding carboxylic acids is 1. The van der Waals surface area contributed by atoms with Crippen molar-refractivity contribution in [3.8, 4) is 16.3 Å². The van der Waals surface area contributed by atoms with Gasteiger partial charge < -0.3 is 14.4 Å². The maximum Gasteiger partial charge on any atom is 0.361 e. The van der Waals surface area contributed by atoms with Crippen LogP contribution in [0.3, 0.4) is 0 Å². The van der Waals surface area contributed by atoms with E-state index in [0.717, 1.165) is 4.88 Å². The molecule has 0 aliphatic heterocycles. The highest BCUT2D eigenvalue weighted by molar-refractivity contribution is 14.1. The summed E-state index contributed by atoms with van der Waals surface area (Å²) >= 11 is 3.49. The predicted molar refractivity (Wildman–Crippen MR) is 85.5 cm³/mol. The quantitative estimate of drug-likeness (QED) is 0.400. The van der Waals surface area contributed by atoms with Gasteiger partial charge >= 0.3 is 5.97 Å². The third-order valence-corrected chi connectivity index (χ3v) is 4.43. The highest BCUT2D eigenvalue weighted by Gasteiger charge is 2.25. The third kappa shape index (κ3) is 2.38. The van der Waals surface area contributed by atoms with Gasteiger partial charge in [-0.15, -0.1) is 11.3 Å². The van der Waals surface area contributed by atoms with E-state index >= 15 is 0 Å². The van der Waals surface area contributed by atoms with Gasteiger partial charge in [0.25, 0.3) is 0 Å². The van der Waals surface area contributed by atoms with E-state index in [-0.39, 0.29) is 23.6 Å². The molecule has 3 rings (SSSR count). The molecule has 0 spiro atoms. The van der Waals surface area contributed by atoms with E-state index in [1.165, 1.54) is 11.3 Å². The monoisotopic (exact) mass is 416 g/mol. The van der Waals surface area contributed by atoms with E-state index in [0.29, 0.717) is 14.8 Å². The van der Waals surface area contributed by atoms with Gasteiger partial charge in [-0.2, -0.15) is 0 Å². The molecular weight excluding hydrogens is 407 g/mol. The molecule has 0 aliphatic carbocycles. The summed E-state index contributed by atoms with van der Waals surface area (Å²) < 4.78 is 10.6. The molecule has 6 nitrogen and oxygen atoms in total. The predicted octanol–water partition coefficient (Wildman–Crippen LogP) is 3.44. The number of carbonyl (C=O) groups is 1. The Labute approximate surface area is 136 Å².